The standard InChI is InChI=1S/C16H16N4O/c17-13-9-14(20-10-13)16(21)19-8-6-12-4-1-3-11-5-2-7-18-15(11)12/h1-5,7,9-10,20H,6,8,17H2,(H,19,21). The van der Waals surface area contributed by atoms with E-state index in [2.05, 4.69) is 15.3 Å². The summed E-state index contributed by atoms with van der Waals surface area (Å²) in [5.74, 6) is -0.153. The Morgan fingerprint density at radius 2 is 2.14 bits per heavy atom. The average Bonchev–Trinajstić information content (AvgIpc) is 2.94. The lowest BCUT2D eigenvalue weighted by Gasteiger charge is -2.06. The molecule has 5 heteroatoms. The predicted octanol–water partition coefficient (Wildman–Crippen LogP) is 2.12. The zero-order valence-electron chi connectivity index (χ0n) is 11.5. The van der Waals surface area contributed by atoms with E-state index in [0.29, 0.717) is 17.9 Å². The molecule has 106 valence electrons. The van der Waals surface area contributed by atoms with Crippen LogP contribution in [0.1, 0.15) is 16.1 Å². The molecule has 1 amide bonds. The number of benzene rings is 1. The quantitative estimate of drug-likeness (QED) is 0.684. The van der Waals surface area contributed by atoms with Crippen molar-refractivity contribution >= 4 is 22.5 Å². The van der Waals surface area contributed by atoms with Gasteiger partial charge in [0.1, 0.15) is 5.69 Å². The van der Waals surface area contributed by atoms with E-state index >= 15 is 0 Å². The highest BCUT2D eigenvalue weighted by molar-refractivity contribution is 5.93. The monoisotopic (exact) mass is 280 g/mol. The number of hydrogen-bond acceptors (Lipinski definition) is 3. The van der Waals surface area contributed by atoms with Gasteiger partial charge < -0.3 is 16.0 Å². The minimum absolute atomic E-state index is 0.153. The second-order valence-corrected chi connectivity index (χ2v) is 4.84. The summed E-state index contributed by atoms with van der Waals surface area (Å²) >= 11 is 0. The number of H-pyrrole nitrogens is 1. The summed E-state index contributed by atoms with van der Waals surface area (Å²) in [7, 11) is 0. The van der Waals surface area contributed by atoms with Gasteiger partial charge >= 0.3 is 0 Å². The van der Waals surface area contributed by atoms with Gasteiger partial charge in [-0.15, -0.1) is 0 Å². The summed E-state index contributed by atoms with van der Waals surface area (Å²) in [6, 6.07) is 11.7. The Bertz CT molecular complexity index is 773. The van der Waals surface area contributed by atoms with Crippen molar-refractivity contribution in [3.05, 3.63) is 60.0 Å². The molecule has 0 aliphatic rings. The largest absolute Gasteiger partial charge is 0.397 e. The molecule has 3 aromatic rings. The maximum atomic E-state index is 11.9. The number of aromatic nitrogens is 2. The first-order valence-corrected chi connectivity index (χ1v) is 6.79. The number of pyridine rings is 1. The maximum Gasteiger partial charge on any atom is 0.267 e. The van der Waals surface area contributed by atoms with Crippen molar-refractivity contribution in [1.29, 1.82) is 0 Å². The summed E-state index contributed by atoms with van der Waals surface area (Å²) in [5, 5.41) is 3.98. The number of anilines is 1. The highest BCUT2D eigenvalue weighted by Crippen LogP contribution is 2.16. The molecule has 0 atom stereocenters. The maximum absolute atomic E-state index is 11.9. The van der Waals surface area contributed by atoms with Crippen LogP contribution in [0.4, 0.5) is 5.69 Å². The van der Waals surface area contributed by atoms with Crippen LogP contribution in [0.3, 0.4) is 0 Å². The molecule has 5 nitrogen and oxygen atoms in total. The van der Waals surface area contributed by atoms with Gasteiger partial charge in [0.25, 0.3) is 5.91 Å². The lowest BCUT2D eigenvalue weighted by atomic mass is 10.1. The number of rotatable bonds is 4. The lowest BCUT2D eigenvalue weighted by Crippen LogP contribution is -2.26. The number of amides is 1. The van der Waals surface area contributed by atoms with E-state index in [9.17, 15) is 4.79 Å². The van der Waals surface area contributed by atoms with Gasteiger partial charge in [-0.25, -0.2) is 0 Å². The van der Waals surface area contributed by atoms with Crippen LogP contribution >= 0.6 is 0 Å². The van der Waals surface area contributed by atoms with Crippen LogP contribution in [0.15, 0.2) is 48.8 Å². The van der Waals surface area contributed by atoms with Crippen LogP contribution in [-0.4, -0.2) is 22.4 Å². The summed E-state index contributed by atoms with van der Waals surface area (Å²) in [6.07, 6.45) is 4.12. The molecule has 0 fully saturated rings. The van der Waals surface area contributed by atoms with Gasteiger partial charge in [-0.2, -0.15) is 0 Å². The fourth-order valence-electron chi connectivity index (χ4n) is 2.32. The van der Waals surface area contributed by atoms with Crippen LogP contribution < -0.4 is 11.1 Å². The van der Waals surface area contributed by atoms with Gasteiger partial charge in [0, 0.05) is 30.0 Å². The number of fused-ring (bicyclic) bond motifs is 1. The molecule has 21 heavy (non-hydrogen) atoms. The van der Waals surface area contributed by atoms with Crippen LogP contribution in [0.25, 0.3) is 10.9 Å². The van der Waals surface area contributed by atoms with Gasteiger partial charge in [0.05, 0.1) is 5.52 Å². The molecule has 2 heterocycles. The molecule has 0 aliphatic heterocycles. The lowest BCUT2D eigenvalue weighted by molar-refractivity contribution is 0.0950. The Hall–Kier alpha value is -2.82. The predicted molar refractivity (Wildman–Crippen MR) is 83.0 cm³/mol. The van der Waals surface area contributed by atoms with E-state index in [4.69, 9.17) is 5.73 Å². The van der Waals surface area contributed by atoms with Gasteiger partial charge in [-0.1, -0.05) is 24.3 Å². The Labute approximate surface area is 122 Å². The van der Waals surface area contributed by atoms with E-state index in [0.717, 1.165) is 22.9 Å². The van der Waals surface area contributed by atoms with E-state index < -0.39 is 0 Å². The normalized spacial score (nSPS) is 10.7. The molecule has 4 N–H and O–H groups in total. The Kier molecular flexibility index (Phi) is 3.55. The molecule has 0 radical (unpaired) electrons. The van der Waals surface area contributed by atoms with Crippen molar-refractivity contribution in [2.45, 2.75) is 6.42 Å². The molecule has 0 saturated carbocycles. The Morgan fingerprint density at radius 3 is 2.95 bits per heavy atom. The number of nitrogens with one attached hydrogen (secondary N) is 2. The molecule has 2 aromatic heterocycles. The average molecular weight is 280 g/mol. The first kappa shape index (κ1) is 13.2. The van der Waals surface area contributed by atoms with Gasteiger partial charge in [0.15, 0.2) is 0 Å². The molecular formula is C16H16N4O. The zero-order valence-corrected chi connectivity index (χ0v) is 11.5. The van der Waals surface area contributed by atoms with Crippen molar-refractivity contribution in [2.75, 3.05) is 12.3 Å². The molecule has 0 unspecified atom stereocenters. The van der Waals surface area contributed by atoms with E-state index in [1.807, 2.05) is 30.3 Å². The second-order valence-electron chi connectivity index (χ2n) is 4.84. The first-order chi connectivity index (χ1) is 10.2. The van der Waals surface area contributed by atoms with Crippen molar-refractivity contribution in [1.82, 2.24) is 15.3 Å². The number of nitrogens with two attached hydrogens (primary N) is 1. The highest BCUT2D eigenvalue weighted by Gasteiger charge is 2.07. The van der Waals surface area contributed by atoms with Crippen molar-refractivity contribution in [3.8, 4) is 0 Å². The minimum atomic E-state index is -0.153. The van der Waals surface area contributed by atoms with Crippen molar-refractivity contribution in [3.63, 3.8) is 0 Å². The first-order valence-electron chi connectivity index (χ1n) is 6.79. The van der Waals surface area contributed by atoms with Gasteiger partial charge in [-0.3, -0.25) is 9.78 Å². The molecular weight excluding hydrogens is 264 g/mol. The molecule has 0 spiro atoms. The van der Waals surface area contributed by atoms with Crippen LogP contribution in [-0.2, 0) is 6.42 Å². The van der Waals surface area contributed by atoms with Gasteiger partial charge in [0.2, 0.25) is 0 Å². The molecule has 1 aromatic carbocycles. The van der Waals surface area contributed by atoms with E-state index in [1.54, 1.807) is 18.5 Å². The molecule has 0 bridgehead atoms. The number of hydrogen-bond donors (Lipinski definition) is 3. The number of carbonyl (C=O) groups is 1. The third-order valence-electron chi connectivity index (χ3n) is 3.35. The fraction of sp³-hybridized carbons (Fsp3) is 0.125. The molecule has 3 rings (SSSR count). The third-order valence-corrected chi connectivity index (χ3v) is 3.35. The van der Waals surface area contributed by atoms with Crippen molar-refractivity contribution in [2.24, 2.45) is 0 Å². The highest BCUT2D eigenvalue weighted by atomic mass is 16.1. The van der Waals surface area contributed by atoms with Crippen molar-refractivity contribution < 1.29 is 4.79 Å². The van der Waals surface area contributed by atoms with Crippen LogP contribution in [0.5, 0.6) is 0 Å². The summed E-state index contributed by atoms with van der Waals surface area (Å²) < 4.78 is 0. The van der Waals surface area contributed by atoms with E-state index in [-0.39, 0.29) is 5.91 Å². The summed E-state index contributed by atoms with van der Waals surface area (Å²) in [5.41, 5.74) is 8.72. The smallest absolute Gasteiger partial charge is 0.267 e. The fourth-order valence-corrected chi connectivity index (χ4v) is 2.32. The summed E-state index contributed by atoms with van der Waals surface area (Å²) in [4.78, 5) is 19.1. The zero-order chi connectivity index (χ0) is 14.7. The number of aromatic amines is 1. The third kappa shape index (κ3) is 2.86. The van der Waals surface area contributed by atoms with Crippen LogP contribution in [0.2, 0.25) is 0 Å². The number of para-hydroxylation sites is 1. The molecule has 0 aliphatic carbocycles. The number of nitrogens with zero attached hydrogens (tertiary/aromatic N) is 1. The molecule has 0 saturated heterocycles. The number of nitrogen functional groups attached to an aromatic ring is 1. The minimum Gasteiger partial charge on any atom is -0.397 e. The Balaban J connectivity index is 1.66. The summed E-state index contributed by atoms with van der Waals surface area (Å²) in [6.45, 7) is 0.549. The van der Waals surface area contributed by atoms with E-state index in [1.165, 1.54) is 0 Å². The number of carbonyl (C=O) groups excluding carboxylic acids is 1. The Morgan fingerprint density at radius 1 is 1.29 bits per heavy atom. The van der Waals surface area contributed by atoms with Crippen LogP contribution in [0, 0.1) is 0 Å². The topological polar surface area (TPSA) is 83.8 Å². The van der Waals surface area contributed by atoms with Gasteiger partial charge in [-0.05, 0) is 24.1 Å². The second kappa shape index (κ2) is 5.66. The SMILES string of the molecule is Nc1c[nH]c(C(=O)NCCc2cccc3cccnc23)c1.